The summed E-state index contributed by atoms with van der Waals surface area (Å²) in [6, 6.07) is 20.2. The smallest absolute Gasteiger partial charge is 0.124 e. The minimum Gasteiger partial charge on any atom is -0.489 e. The number of nitrogens with one attached hydrogen (secondary N) is 2. The number of fused-ring (bicyclic) bond motifs is 1. The first-order valence-corrected chi connectivity index (χ1v) is 9.85. The molecule has 0 unspecified atom stereocenters. The Kier molecular flexibility index (Phi) is 6.08. The van der Waals surface area contributed by atoms with E-state index in [0.717, 1.165) is 53.2 Å². The van der Waals surface area contributed by atoms with Crippen LogP contribution in [-0.4, -0.2) is 16.5 Å². The van der Waals surface area contributed by atoms with Crippen LogP contribution in [0.3, 0.4) is 0 Å². The Hall–Kier alpha value is -2.89. The van der Waals surface area contributed by atoms with E-state index < -0.39 is 0 Å². The zero-order valence-electron chi connectivity index (χ0n) is 15.8. The molecular formula is C23H21ClFN3O. The van der Waals surface area contributed by atoms with Gasteiger partial charge in [-0.05, 0) is 42.0 Å². The van der Waals surface area contributed by atoms with Gasteiger partial charge in [-0.1, -0.05) is 41.9 Å². The average molecular weight is 410 g/mol. The zero-order valence-corrected chi connectivity index (χ0v) is 16.5. The Morgan fingerprint density at radius 3 is 2.79 bits per heavy atom. The van der Waals surface area contributed by atoms with Crippen molar-refractivity contribution in [2.24, 2.45) is 0 Å². The van der Waals surface area contributed by atoms with Gasteiger partial charge >= 0.3 is 0 Å². The number of ether oxygens (including phenoxy) is 1. The summed E-state index contributed by atoms with van der Waals surface area (Å²) >= 11 is 6.05. The third-order valence-electron chi connectivity index (χ3n) is 4.61. The summed E-state index contributed by atoms with van der Waals surface area (Å²) in [5.74, 6) is 1.38. The SMILES string of the molecule is Fc1ccc(COc2cccc(CNCCc3nc4ccccc4[nH]3)c2)c(Cl)c1. The number of nitrogens with zero attached hydrogens (tertiary/aromatic N) is 1. The Morgan fingerprint density at radius 2 is 1.93 bits per heavy atom. The highest BCUT2D eigenvalue weighted by Crippen LogP contribution is 2.20. The van der Waals surface area contributed by atoms with Gasteiger partial charge in [0.05, 0.1) is 16.1 Å². The van der Waals surface area contributed by atoms with E-state index in [1.165, 1.54) is 12.1 Å². The number of imidazole rings is 1. The van der Waals surface area contributed by atoms with Crippen molar-refractivity contribution in [3.63, 3.8) is 0 Å². The predicted octanol–water partition coefficient (Wildman–Crippen LogP) is 5.27. The molecule has 3 aromatic carbocycles. The molecule has 6 heteroatoms. The molecule has 0 aliphatic rings. The van der Waals surface area contributed by atoms with Gasteiger partial charge in [0.15, 0.2) is 0 Å². The highest BCUT2D eigenvalue weighted by Gasteiger charge is 2.05. The molecule has 2 N–H and O–H groups in total. The van der Waals surface area contributed by atoms with E-state index in [0.29, 0.717) is 11.6 Å². The molecule has 0 amide bonds. The fourth-order valence-electron chi connectivity index (χ4n) is 3.11. The van der Waals surface area contributed by atoms with Crippen LogP contribution >= 0.6 is 11.6 Å². The second-order valence-electron chi connectivity index (χ2n) is 6.80. The van der Waals surface area contributed by atoms with Crippen LogP contribution in [0.25, 0.3) is 11.0 Å². The van der Waals surface area contributed by atoms with Crippen LogP contribution in [0.2, 0.25) is 5.02 Å². The van der Waals surface area contributed by atoms with Gasteiger partial charge in [-0.15, -0.1) is 0 Å². The molecule has 1 aromatic heterocycles. The molecule has 0 atom stereocenters. The highest BCUT2D eigenvalue weighted by atomic mass is 35.5. The Bertz CT molecular complexity index is 1080. The lowest BCUT2D eigenvalue weighted by Gasteiger charge is -2.10. The molecule has 0 bridgehead atoms. The third kappa shape index (κ3) is 5.13. The second kappa shape index (κ2) is 9.07. The lowest BCUT2D eigenvalue weighted by molar-refractivity contribution is 0.306. The lowest BCUT2D eigenvalue weighted by atomic mass is 10.2. The van der Waals surface area contributed by atoms with Gasteiger partial charge in [-0.25, -0.2) is 9.37 Å². The van der Waals surface area contributed by atoms with Crippen molar-refractivity contribution in [2.75, 3.05) is 6.54 Å². The van der Waals surface area contributed by atoms with Gasteiger partial charge in [0, 0.05) is 25.1 Å². The van der Waals surface area contributed by atoms with Crippen molar-refractivity contribution in [1.29, 1.82) is 0 Å². The summed E-state index contributed by atoms with van der Waals surface area (Å²) in [4.78, 5) is 7.93. The van der Waals surface area contributed by atoms with Crippen LogP contribution in [0.4, 0.5) is 4.39 Å². The summed E-state index contributed by atoms with van der Waals surface area (Å²) < 4.78 is 18.9. The van der Waals surface area contributed by atoms with Crippen LogP contribution in [-0.2, 0) is 19.6 Å². The molecular weight excluding hydrogens is 389 g/mol. The van der Waals surface area contributed by atoms with Gasteiger partial charge in [0.1, 0.15) is 24.0 Å². The van der Waals surface area contributed by atoms with E-state index in [9.17, 15) is 4.39 Å². The fourth-order valence-corrected chi connectivity index (χ4v) is 3.33. The van der Waals surface area contributed by atoms with Gasteiger partial charge in [-0.2, -0.15) is 0 Å². The van der Waals surface area contributed by atoms with Crippen molar-refractivity contribution in [2.45, 2.75) is 19.6 Å². The quantitative estimate of drug-likeness (QED) is 0.390. The summed E-state index contributed by atoms with van der Waals surface area (Å²) in [6.07, 6.45) is 0.827. The largest absolute Gasteiger partial charge is 0.489 e. The molecule has 0 saturated carbocycles. The second-order valence-corrected chi connectivity index (χ2v) is 7.21. The summed E-state index contributed by atoms with van der Waals surface area (Å²) in [5, 5.41) is 3.80. The van der Waals surface area contributed by atoms with E-state index >= 15 is 0 Å². The fraction of sp³-hybridized carbons (Fsp3) is 0.174. The van der Waals surface area contributed by atoms with E-state index in [1.807, 2.05) is 48.5 Å². The molecule has 1 heterocycles. The van der Waals surface area contributed by atoms with Crippen LogP contribution in [0.1, 0.15) is 17.0 Å². The van der Waals surface area contributed by atoms with E-state index in [1.54, 1.807) is 6.07 Å². The van der Waals surface area contributed by atoms with Gasteiger partial charge < -0.3 is 15.0 Å². The van der Waals surface area contributed by atoms with Crippen molar-refractivity contribution in [3.05, 3.63) is 94.5 Å². The molecule has 0 aliphatic heterocycles. The first-order chi connectivity index (χ1) is 14.2. The molecule has 0 saturated heterocycles. The molecule has 148 valence electrons. The molecule has 4 rings (SSSR count). The standard InChI is InChI=1S/C23H21ClFN3O/c24-20-13-18(25)9-8-17(20)15-29-19-5-3-4-16(12-19)14-26-11-10-23-27-21-6-1-2-7-22(21)28-23/h1-9,12-13,26H,10-11,14-15H2,(H,27,28). The highest BCUT2D eigenvalue weighted by molar-refractivity contribution is 6.31. The number of hydrogen-bond donors (Lipinski definition) is 2. The third-order valence-corrected chi connectivity index (χ3v) is 4.97. The molecule has 0 radical (unpaired) electrons. The summed E-state index contributed by atoms with van der Waals surface area (Å²) in [6.45, 7) is 1.84. The summed E-state index contributed by atoms with van der Waals surface area (Å²) in [5.41, 5.74) is 3.93. The van der Waals surface area contributed by atoms with Crippen LogP contribution in [0.15, 0.2) is 66.7 Å². The number of rotatable bonds is 8. The maximum absolute atomic E-state index is 13.1. The summed E-state index contributed by atoms with van der Waals surface area (Å²) in [7, 11) is 0. The molecule has 4 aromatic rings. The van der Waals surface area contributed by atoms with Crippen LogP contribution in [0, 0.1) is 5.82 Å². The minimum atomic E-state index is -0.352. The monoisotopic (exact) mass is 409 g/mol. The maximum atomic E-state index is 13.1. The first-order valence-electron chi connectivity index (χ1n) is 9.47. The topological polar surface area (TPSA) is 49.9 Å². The normalized spacial score (nSPS) is 11.1. The Morgan fingerprint density at radius 1 is 1.03 bits per heavy atom. The molecule has 0 fully saturated rings. The molecule has 0 spiro atoms. The van der Waals surface area contributed by atoms with E-state index in [-0.39, 0.29) is 5.82 Å². The average Bonchev–Trinajstić information content (AvgIpc) is 3.14. The van der Waals surface area contributed by atoms with Gasteiger partial charge in [0.2, 0.25) is 0 Å². The lowest BCUT2D eigenvalue weighted by Crippen LogP contribution is -2.17. The molecule has 0 aliphatic carbocycles. The molecule has 29 heavy (non-hydrogen) atoms. The number of H-pyrrole nitrogens is 1. The molecule has 4 nitrogen and oxygen atoms in total. The van der Waals surface area contributed by atoms with E-state index in [2.05, 4.69) is 15.3 Å². The minimum absolute atomic E-state index is 0.294. The van der Waals surface area contributed by atoms with Crippen molar-refractivity contribution in [3.8, 4) is 5.75 Å². The number of hydrogen-bond acceptors (Lipinski definition) is 3. The predicted molar refractivity (Wildman–Crippen MR) is 114 cm³/mol. The Labute approximate surface area is 173 Å². The number of benzene rings is 3. The number of aromatic amines is 1. The zero-order chi connectivity index (χ0) is 20.1. The van der Waals surface area contributed by atoms with Crippen molar-refractivity contribution < 1.29 is 9.13 Å². The van der Waals surface area contributed by atoms with Gasteiger partial charge in [0.25, 0.3) is 0 Å². The number of para-hydroxylation sites is 2. The van der Waals surface area contributed by atoms with Crippen molar-refractivity contribution >= 4 is 22.6 Å². The van der Waals surface area contributed by atoms with Crippen LogP contribution < -0.4 is 10.1 Å². The number of aromatic nitrogens is 2. The van der Waals surface area contributed by atoms with Crippen molar-refractivity contribution in [1.82, 2.24) is 15.3 Å². The van der Waals surface area contributed by atoms with Gasteiger partial charge in [-0.3, -0.25) is 0 Å². The maximum Gasteiger partial charge on any atom is 0.124 e. The van der Waals surface area contributed by atoms with Crippen LogP contribution in [0.5, 0.6) is 5.75 Å². The first kappa shape index (κ1) is 19.4. The number of halogens is 2. The van der Waals surface area contributed by atoms with E-state index in [4.69, 9.17) is 16.3 Å². The Balaban J connectivity index is 1.27.